The summed E-state index contributed by atoms with van der Waals surface area (Å²) < 4.78 is 5.05. The average molecular weight is 210 g/mol. The second kappa shape index (κ2) is 7.34. The van der Waals surface area contributed by atoms with Crippen molar-refractivity contribution in [2.75, 3.05) is 20.3 Å². The zero-order chi connectivity index (χ0) is 10.9. The first-order chi connectivity index (χ1) is 7.36. The number of aliphatic hydroxyl groups excluding tert-OH is 1. The van der Waals surface area contributed by atoms with Crippen LogP contribution in [-0.2, 0) is 11.3 Å². The minimum atomic E-state index is 0.170. The number of aromatic nitrogens is 1. The highest BCUT2D eigenvalue weighted by Crippen LogP contribution is 1.97. The van der Waals surface area contributed by atoms with E-state index < -0.39 is 0 Å². The molecule has 0 bridgehead atoms. The molecule has 4 heteroatoms. The molecule has 0 aromatic carbocycles. The van der Waals surface area contributed by atoms with E-state index in [2.05, 4.69) is 10.3 Å². The van der Waals surface area contributed by atoms with Crippen LogP contribution >= 0.6 is 0 Å². The highest BCUT2D eigenvalue weighted by molar-refractivity contribution is 5.03. The number of nitrogens with zero attached hydrogens (tertiary/aromatic N) is 1. The predicted molar refractivity (Wildman–Crippen MR) is 58.4 cm³/mol. The van der Waals surface area contributed by atoms with Gasteiger partial charge in [-0.1, -0.05) is 6.07 Å². The van der Waals surface area contributed by atoms with Crippen molar-refractivity contribution in [3.8, 4) is 0 Å². The number of methoxy groups -OCH3 is 1. The maximum absolute atomic E-state index is 8.85. The van der Waals surface area contributed by atoms with Crippen LogP contribution in [0.3, 0.4) is 0 Å². The number of rotatable bonds is 7. The van der Waals surface area contributed by atoms with Crippen LogP contribution in [0.1, 0.15) is 12.1 Å². The van der Waals surface area contributed by atoms with E-state index >= 15 is 0 Å². The Balaban J connectivity index is 2.33. The van der Waals surface area contributed by atoms with Gasteiger partial charge in [0, 0.05) is 32.5 Å². The Hall–Kier alpha value is -0.970. The molecule has 0 saturated carbocycles. The van der Waals surface area contributed by atoms with Gasteiger partial charge in [0.15, 0.2) is 0 Å². The van der Waals surface area contributed by atoms with Gasteiger partial charge in [-0.25, -0.2) is 0 Å². The van der Waals surface area contributed by atoms with E-state index in [1.165, 1.54) is 0 Å². The number of hydrogen-bond donors (Lipinski definition) is 2. The Labute approximate surface area is 90.3 Å². The van der Waals surface area contributed by atoms with E-state index in [-0.39, 0.29) is 12.6 Å². The van der Waals surface area contributed by atoms with E-state index in [1.807, 2.05) is 18.2 Å². The summed E-state index contributed by atoms with van der Waals surface area (Å²) in [7, 11) is 1.66. The van der Waals surface area contributed by atoms with Crippen molar-refractivity contribution in [2.24, 2.45) is 0 Å². The zero-order valence-corrected chi connectivity index (χ0v) is 9.02. The average Bonchev–Trinajstić information content (AvgIpc) is 2.28. The predicted octanol–water partition coefficient (Wildman–Crippen LogP) is 0.569. The maximum atomic E-state index is 8.85. The van der Waals surface area contributed by atoms with Crippen molar-refractivity contribution >= 4 is 0 Å². The molecular weight excluding hydrogens is 192 g/mol. The monoisotopic (exact) mass is 210 g/mol. The Morgan fingerprint density at radius 1 is 1.53 bits per heavy atom. The first-order valence-corrected chi connectivity index (χ1v) is 5.10. The van der Waals surface area contributed by atoms with E-state index in [0.717, 1.165) is 5.69 Å². The van der Waals surface area contributed by atoms with Crippen LogP contribution in [-0.4, -0.2) is 36.5 Å². The molecule has 0 aliphatic carbocycles. The lowest BCUT2D eigenvalue weighted by molar-refractivity contribution is 0.148. The molecule has 0 amide bonds. The molecule has 1 atom stereocenters. The molecular formula is C11H18N2O2. The summed E-state index contributed by atoms with van der Waals surface area (Å²) in [6.07, 6.45) is 2.47. The summed E-state index contributed by atoms with van der Waals surface area (Å²) in [5.74, 6) is 0. The Bertz CT molecular complexity index is 248. The van der Waals surface area contributed by atoms with Crippen LogP contribution in [0.2, 0.25) is 0 Å². The largest absolute Gasteiger partial charge is 0.396 e. The molecule has 15 heavy (non-hydrogen) atoms. The van der Waals surface area contributed by atoms with Crippen LogP contribution in [0.25, 0.3) is 0 Å². The SMILES string of the molecule is COCC(CCO)NCc1ccccn1. The van der Waals surface area contributed by atoms with Crippen molar-refractivity contribution in [3.63, 3.8) is 0 Å². The van der Waals surface area contributed by atoms with Crippen LogP contribution in [0.5, 0.6) is 0 Å². The molecule has 84 valence electrons. The summed E-state index contributed by atoms with van der Waals surface area (Å²) in [6.45, 7) is 1.48. The molecule has 0 saturated heterocycles. The van der Waals surface area contributed by atoms with Gasteiger partial charge in [-0.3, -0.25) is 4.98 Å². The van der Waals surface area contributed by atoms with Crippen molar-refractivity contribution in [1.29, 1.82) is 0 Å². The fraction of sp³-hybridized carbons (Fsp3) is 0.545. The molecule has 0 aliphatic heterocycles. The molecule has 0 aliphatic rings. The lowest BCUT2D eigenvalue weighted by atomic mass is 10.2. The van der Waals surface area contributed by atoms with E-state index in [9.17, 15) is 0 Å². The van der Waals surface area contributed by atoms with E-state index in [4.69, 9.17) is 9.84 Å². The number of pyridine rings is 1. The number of nitrogens with one attached hydrogen (secondary N) is 1. The molecule has 0 radical (unpaired) electrons. The topological polar surface area (TPSA) is 54.4 Å². The third-order valence-corrected chi connectivity index (χ3v) is 2.14. The van der Waals surface area contributed by atoms with Crippen molar-refractivity contribution < 1.29 is 9.84 Å². The summed E-state index contributed by atoms with van der Waals surface area (Å²) in [5, 5.41) is 12.1. The first kappa shape index (κ1) is 12.1. The van der Waals surface area contributed by atoms with Gasteiger partial charge in [0.1, 0.15) is 0 Å². The van der Waals surface area contributed by atoms with Gasteiger partial charge in [0.25, 0.3) is 0 Å². The minimum absolute atomic E-state index is 0.170. The smallest absolute Gasteiger partial charge is 0.0616 e. The number of hydrogen-bond acceptors (Lipinski definition) is 4. The van der Waals surface area contributed by atoms with Crippen LogP contribution in [0, 0.1) is 0 Å². The Morgan fingerprint density at radius 2 is 2.40 bits per heavy atom. The zero-order valence-electron chi connectivity index (χ0n) is 9.02. The van der Waals surface area contributed by atoms with Gasteiger partial charge in [0.2, 0.25) is 0 Å². The third-order valence-electron chi connectivity index (χ3n) is 2.14. The highest BCUT2D eigenvalue weighted by atomic mass is 16.5. The fourth-order valence-electron chi connectivity index (χ4n) is 1.35. The van der Waals surface area contributed by atoms with Crippen LogP contribution in [0.15, 0.2) is 24.4 Å². The number of ether oxygens (including phenoxy) is 1. The lowest BCUT2D eigenvalue weighted by Crippen LogP contribution is -2.33. The van der Waals surface area contributed by atoms with Crippen LogP contribution in [0.4, 0.5) is 0 Å². The maximum Gasteiger partial charge on any atom is 0.0616 e. The minimum Gasteiger partial charge on any atom is -0.396 e. The van der Waals surface area contributed by atoms with Crippen molar-refractivity contribution in [2.45, 2.75) is 19.0 Å². The Kier molecular flexibility index (Phi) is 5.92. The summed E-state index contributed by atoms with van der Waals surface area (Å²) in [4.78, 5) is 4.21. The van der Waals surface area contributed by atoms with Gasteiger partial charge in [0.05, 0.1) is 12.3 Å². The first-order valence-electron chi connectivity index (χ1n) is 5.10. The molecule has 0 fully saturated rings. The van der Waals surface area contributed by atoms with Crippen molar-refractivity contribution in [3.05, 3.63) is 30.1 Å². The van der Waals surface area contributed by atoms with Gasteiger partial charge >= 0.3 is 0 Å². The summed E-state index contributed by atoms with van der Waals surface area (Å²) in [6, 6.07) is 6.00. The molecule has 1 aromatic rings. The molecule has 1 rings (SSSR count). The summed E-state index contributed by atoms with van der Waals surface area (Å²) in [5.41, 5.74) is 0.997. The molecule has 1 aromatic heterocycles. The Morgan fingerprint density at radius 3 is 3.00 bits per heavy atom. The normalized spacial score (nSPS) is 12.7. The van der Waals surface area contributed by atoms with E-state index in [0.29, 0.717) is 19.6 Å². The molecule has 0 spiro atoms. The van der Waals surface area contributed by atoms with Crippen LogP contribution < -0.4 is 5.32 Å². The second-order valence-electron chi connectivity index (χ2n) is 3.37. The number of aliphatic hydroxyl groups is 1. The third kappa shape index (κ3) is 4.88. The highest BCUT2D eigenvalue weighted by Gasteiger charge is 2.06. The van der Waals surface area contributed by atoms with E-state index in [1.54, 1.807) is 13.3 Å². The van der Waals surface area contributed by atoms with Gasteiger partial charge in [-0.15, -0.1) is 0 Å². The molecule has 1 unspecified atom stereocenters. The van der Waals surface area contributed by atoms with Gasteiger partial charge in [-0.2, -0.15) is 0 Å². The fourth-order valence-corrected chi connectivity index (χ4v) is 1.35. The van der Waals surface area contributed by atoms with Gasteiger partial charge < -0.3 is 15.2 Å². The lowest BCUT2D eigenvalue weighted by Gasteiger charge is -2.16. The molecule has 2 N–H and O–H groups in total. The van der Waals surface area contributed by atoms with Gasteiger partial charge in [-0.05, 0) is 18.6 Å². The quantitative estimate of drug-likeness (QED) is 0.691. The standard InChI is InChI=1S/C11H18N2O2/c1-15-9-11(5-7-14)13-8-10-4-2-3-6-12-10/h2-4,6,11,13-14H,5,7-9H2,1H3. The molecule has 4 nitrogen and oxygen atoms in total. The second-order valence-corrected chi connectivity index (χ2v) is 3.37. The molecule has 1 heterocycles. The van der Waals surface area contributed by atoms with Crippen molar-refractivity contribution in [1.82, 2.24) is 10.3 Å². The summed E-state index contributed by atoms with van der Waals surface area (Å²) >= 11 is 0.